The van der Waals surface area contributed by atoms with Gasteiger partial charge < -0.3 is 14.9 Å². The van der Waals surface area contributed by atoms with E-state index < -0.39 is 12.1 Å². The van der Waals surface area contributed by atoms with Crippen LogP contribution in [0.2, 0.25) is 0 Å². The maximum absolute atomic E-state index is 12.2. The molecule has 0 saturated carbocycles. The van der Waals surface area contributed by atoms with Crippen molar-refractivity contribution in [2.75, 3.05) is 0 Å². The van der Waals surface area contributed by atoms with Gasteiger partial charge in [-0.2, -0.15) is 0 Å². The van der Waals surface area contributed by atoms with Crippen molar-refractivity contribution in [3.05, 3.63) is 0 Å². The fraction of sp³-hybridized carbons (Fsp3) is 0.917. The summed E-state index contributed by atoms with van der Waals surface area (Å²) in [5.41, 5.74) is 0. The van der Waals surface area contributed by atoms with Gasteiger partial charge in [0.2, 0.25) is 0 Å². The third-order valence-electron chi connectivity index (χ3n) is 5.40. The monoisotopic (exact) mass is 414 g/mol. The highest BCUT2D eigenvalue weighted by molar-refractivity contribution is 5.69. The van der Waals surface area contributed by atoms with E-state index in [4.69, 9.17) is 9.84 Å². The molecule has 5 nitrogen and oxygen atoms in total. The van der Waals surface area contributed by atoms with Crippen molar-refractivity contribution in [2.45, 2.75) is 142 Å². The molecule has 0 rings (SSSR count). The summed E-state index contributed by atoms with van der Waals surface area (Å²) in [7, 11) is 0. The predicted octanol–water partition coefficient (Wildman–Crippen LogP) is 6.41. The lowest BCUT2D eigenvalue weighted by molar-refractivity contribution is -0.150. The number of carboxylic acid groups (broad SMARTS) is 1. The number of aliphatic hydroxyl groups is 1. The van der Waals surface area contributed by atoms with Gasteiger partial charge in [-0.25, -0.2) is 0 Å². The molecule has 0 radical (unpaired) electrons. The second kappa shape index (κ2) is 20.2. The number of aliphatic carboxylic acids is 1. The first-order valence-electron chi connectivity index (χ1n) is 12.1. The zero-order valence-electron chi connectivity index (χ0n) is 19.0. The Labute approximate surface area is 178 Å². The average Bonchev–Trinajstić information content (AvgIpc) is 2.67. The van der Waals surface area contributed by atoms with Crippen molar-refractivity contribution in [3.63, 3.8) is 0 Å². The highest BCUT2D eigenvalue weighted by Gasteiger charge is 2.15. The number of carbonyl (C=O) groups excluding carboxylic acids is 1. The minimum Gasteiger partial charge on any atom is -0.481 e. The molecule has 0 aromatic carbocycles. The Hall–Kier alpha value is -1.10. The van der Waals surface area contributed by atoms with Gasteiger partial charge in [0.15, 0.2) is 0 Å². The molecule has 0 spiro atoms. The number of unbranched alkanes of at least 4 members (excludes halogenated alkanes) is 8. The maximum Gasteiger partial charge on any atom is 0.306 e. The predicted molar refractivity (Wildman–Crippen MR) is 118 cm³/mol. The summed E-state index contributed by atoms with van der Waals surface area (Å²) in [6.07, 6.45) is 16.1. The lowest BCUT2D eigenvalue weighted by Gasteiger charge is -2.18. The number of esters is 1. The average molecular weight is 415 g/mol. The van der Waals surface area contributed by atoms with Crippen LogP contribution in [0.3, 0.4) is 0 Å². The molecule has 0 bridgehead atoms. The van der Waals surface area contributed by atoms with E-state index in [9.17, 15) is 14.7 Å². The smallest absolute Gasteiger partial charge is 0.306 e. The molecule has 0 aromatic heterocycles. The number of rotatable bonds is 21. The number of hydrogen-bond donors (Lipinski definition) is 2. The largest absolute Gasteiger partial charge is 0.481 e. The van der Waals surface area contributed by atoms with Crippen molar-refractivity contribution in [2.24, 2.45) is 0 Å². The maximum atomic E-state index is 12.2. The van der Waals surface area contributed by atoms with Gasteiger partial charge in [-0.15, -0.1) is 0 Å². The fourth-order valence-corrected chi connectivity index (χ4v) is 3.57. The SMILES string of the molecule is CCCCCCCC(CCCCCCC)OC(=O)CCCC(O)CCCC(=O)O. The first-order chi connectivity index (χ1) is 14.0. The molecule has 0 fully saturated rings. The normalized spacial score (nSPS) is 12.3. The molecule has 5 heteroatoms. The second-order valence-corrected chi connectivity index (χ2v) is 8.35. The highest BCUT2D eigenvalue weighted by Crippen LogP contribution is 2.18. The molecular weight excluding hydrogens is 368 g/mol. The van der Waals surface area contributed by atoms with Gasteiger partial charge in [0.25, 0.3) is 0 Å². The molecule has 0 aliphatic rings. The van der Waals surface area contributed by atoms with Gasteiger partial charge in [0, 0.05) is 12.8 Å². The molecule has 0 heterocycles. The van der Waals surface area contributed by atoms with E-state index in [1.807, 2.05) is 0 Å². The molecule has 0 aliphatic carbocycles. The summed E-state index contributed by atoms with van der Waals surface area (Å²) in [5, 5.41) is 18.5. The molecule has 1 atom stereocenters. The first-order valence-corrected chi connectivity index (χ1v) is 12.1. The summed E-state index contributed by atoms with van der Waals surface area (Å²) < 4.78 is 5.76. The summed E-state index contributed by atoms with van der Waals surface area (Å²) in [4.78, 5) is 22.7. The lowest BCUT2D eigenvalue weighted by Crippen LogP contribution is -2.19. The molecule has 172 valence electrons. The van der Waals surface area contributed by atoms with E-state index in [2.05, 4.69) is 13.8 Å². The Balaban J connectivity index is 4.08. The van der Waals surface area contributed by atoms with Crippen LogP contribution in [0.1, 0.15) is 129 Å². The molecule has 29 heavy (non-hydrogen) atoms. The lowest BCUT2D eigenvalue weighted by atomic mass is 10.0. The second-order valence-electron chi connectivity index (χ2n) is 8.35. The van der Waals surface area contributed by atoms with Crippen LogP contribution in [0.15, 0.2) is 0 Å². The molecule has 0 amide bonds. The van der Waals surface area contributed by atoms with E-state index in [1.165, 1.54) is 51.4 Å². The number of aliphatic hydroxyl groups excluding tert-OH is 1. The van der Waals surface area contributed by atoms with Crippen molar-refractivity contribution >= 4 is 11.9 Å². The fourth-order valence-electron chi connectivity index (χ4n) is 3.57. The summed E-state index contributed by atoms with van der Waals surface area (Å²) in [5.74, 6) is -0.994. The van der Waals surface area contributed by atoms with E-state index in [0.717, 1.165) is 25.7 Å². The minimum atomic E-state index is -0.837. The van der Waals surface area contributed by atoms with Crippen molar-refractivity contribution < 1.29 is 24.5 Å². The van der Waals surface area contributed by atoms with Gasteiger partial charge in [0.05, 0.1) is 6.10 Å². The summed E-state index contributed by atoms with van der Waals surface area (Å²) in [6.45, 7) is 4.42. The number of hydrogen-bond acceptors (Lipinski definition) is 4. The number of carbonyl (C=O) groups is 2. The van der Waals surface area contributed by atoms with Crippen molar-refractivity contribution in [3.8, 4) is 0 Å². The van der Waals surface area contributed by atoms with Crippen LogP contribution in [-0.2, 0) is 14.3 Å². The van der Waals surface area contributed by atoms with Crippen molar-refractivity contribution in [1.82, 2.24) is 0 Å². The van der Waals surface area contributed by atoms with Gasteiger partial charge in [-0.05, 0) is 51.4 Å². The molecule has 1 unspecified atom stereocenters. The number of ether oxygens (including phenoxy) is 1. The van der Waals surface area contributed by atoms with Crippen LogP contribution >= 0.6 is 0 Å². The highest BCUT2D eigenvalue weighted by atomic mass is 16.5. The quantitative estimate of drug-likeness (QED) is 0.168. The zero-order chi connectivity index (χ0) is 21.7. The van der Waals surface area contributed by atoms with Gasteiger partial charge >= 0.3 is 11.9 Å². The Morgan fingerprint density at radius 1 is 0.690 bits per heavy atom. The zero-order valence-corrected chi connectivity index (χ0v) is 19.0. The van der Waals surface area contributed by atoms with Crippen LogP contribution in [0.25, 0.3) is 0 Å². The van der Waals surface area contributed by atoms with Crippen LogP contribution in [0.4, 0.5) is 0 Å². The Morgan fingerprint density at radius 2 is 1.17 bits per heavy atom. The van der Waals surface area contributed by atoms with E-state index in [-0.39, 0.29) is 18.5 Å². The summed E-state index contributed by atoms with van der Waals surface area (Å²) in [6, 6.07) is 0. The first kappa shape index (κ1) is 27.9. The third-order valence-corrected chi connectivity index (χ3v) is 5.40. The number of carboxylic acids is 1. The molecular formula is C24H46O5. The van der Waals surface area contributed by atoms with Crippen LogP contribution in [0, 0.1) is 0 Å². The topological polar surface area (TPSA) is 83.8 Å². The van der Waals surface area contributed by atoms with Crippen LogP contribution < -0.4 is 0 Å². The Kier molecular flexibility index (Phi) is 19.4. The molecule has 0 saturated heterocycles. The Morgan fingerprint density at radius 3 is 1.66 bits per heavy atom. The van der Waals surface area contributed by atoms with Crippen molar-refractivity contribution in [1.29, 1.82) is 0 Å². The van der Waals surface area contributed by atoms with E-state index >= 15 is 0 Å². The third kappa shape index (κ3) is 20.0. The van der Waals surface area contributed by atoms with E-state index in [0.29, 0.717) is 32.1 Å². The molecule has 0 aromatic rings. The summed E-state index contributed by atoms with van der Waals surface area (Å²) >= 11 is 0. The Bertz CT molecular complexity index is 383. The van der Waals surface area contributed by atoms with Crippen LogP contribution in [0.5, 0.6) is 0 Å². The standard InChI is InChI=1S/C24H46O5/c1-3-5-7-9-11-17-22(18-12-10-8-6-4-2)29-24(28)20-14-16-21(25)15-13-19-23(26)27/h21-22,25H,3-20H2,1-2H3,(H,26,27). The van der Waals surface area contributed by atoms with Gasteiger partial charge in [-0.1, -0.05) is 65.2 Å². The molecule has 2 N–H and O–H groups in total. The van der Waals surface area contributed by atoms with Gasteiger partial charge in [-0.3, -0.25) is 9.59 Å². The minimum absolute atomic E-state index is 0.0336. The van der Waals surface area contributed by atoms with Crippen LogP contribution in [-0.4, -0.2) is 34.4 Å². The van der Waals surface area contributed by atoms with Gasteiger partial charge in [0.1, 0.15) is 6.10 Å². The van der Waals surface area contributed by atoms with E-state index in [1.54, 1.807) is 0 Å². The molecule has 0 aliphatic heterocycles.